The van der Waals surface area contributed by atoms with Crippen molar-refractivity contribution in [1.29, 1.82) is 0 Å². The zero-order chi connectivity index (χ0) is 12.4. The third kappa shape index (κ3) is 12.4. The molecule has 0 aliphatic rings. The summed E-state index contributed by atoms with van der Waals surface area (Å²) in [4.78, 5) is 0. The Morgan fingerprint density at radius 2 is 1.29 bits per heavy atom. The molecule has 1 unspecified atom stereocenters. The first kappa shape index (κ1) is 19.5. The minimum absolute atomic E-state index is 0. The van der Waals surface area contributed by atoms with Crippen molar-refractivity contribution in [1.82, 2.24) is 0 Å². The zero-order valence-electron chi connectivity index (χ0n) is 10.8. The SMILES string of the molecule is CCCCCCCCCCC(N)C(O)(O)O.Cl. The smallest absolute Gasteiger partial charge is 0.291 e. The third-order valence-corrected chi connectivity index (χ3v) is 2.87. The summed E-state index contributed by atoms with van der Waals surface area (Å²) in [5, 5.41) is 26.3. The normalized spacial score (nSPS) is 13.2. The summed E-state index contributed by atoms with van der Waals surface area (Å²) in [6.45, 7) is 2.20. The van der Waals surface area contributed by atoms with Crippen LogP contribution in [0.3, 0.4) is 0 Å². The number of nitrogens with two attached hydrogens (primary N) is 1. The molecule has 1 atom stereocenters. The minimum atomic E-state index is -2.72. The van der Waals surface area contributed by atoms with Crippen LogP contribution in [-0.4, -0.2) is 27.3 Å². The van der Waals surface area contributed by atoms with Crippen LogP contribution >= 0.6 is 12.4 Å². The molecule has 0 amide bonds. The second-order valence-electron chi connectivity index (χ2n) is 4.56. The first-order chi connectivity index (χ1) is 7.48. The Kier molecular flexibility index (Phi) is 12.9. The van der Waals surface area contributed by atoms with Crippen LogP contribution in [0.25, 0.3) is 0 Å². The van der Waals surface area contributed by atoms with Gasteiger partial charge in [-0.2, -0.15) is 0 Å². The van der Waals surface area contributed by atoms with Gasteiger partial charge in [0.1, 0.15) is 0 Å². The van der Waals surface area contributed by atoms with Crippen LogP contribution in [0.15, 0.2) is 0 Å². The number of unbranched alkanes of at least 4 members (excludes halogenated alkanes) is 7. The van der Waals surface area contributed by atoms with Crippen molar-refractivity contribution >= 4 is 12.4 Å². The summed E-state index contributed by atoms with van der Waals surface area (Å²) in [5.41, 5.74) is 5.38. The van der Waals surface area contributed by atoms with Crippen molar-refractivity contribution in [3.8, 4) is 0 Å². The van der Waals surface area contributed by atoms with Gasteiger partial charge in [-0.1, -0.05) is 58.3 Å². The van der Waals surface area contributed by atoms with Crippen molar-refractivity contribution < 1.29 is 15.3 Å². The highest BCUT2D eigenvalue weighted by Crippen LogP contribution is 2.12. The summed E-state index contributed by atoms with van der Waals surface area (Å²) in [5.74, 6) is -2.72. The number of hydrogen-bond donors (Lipinski definition) is 4. The van der Waals surface area contributed by atoms with Crippen LogP contribution in [0.4, 0.5) is 0 Å². The van der Waals surface area contributed by atoms with Crippen LogP contribution in [0.5, 0.6) is 0 Å². The standard InChI is InChI=1S/C12H27NO3.ClH/c1-2-3-4-5-6-7-8-9-10-11(13)12(14,15)16;/h11,14-16H,2-10,13H2,1H3;1H. The van der Waals surface area contributed by atoms with Crippen molar-refractivity contribution in [2.75, 3.05) is 0 Å². The Bertz CT molecular complexity index is 162. The lowest BCUT2D eigenvalue weighted by atomic mass is 10.0. The van der Waals surface area contributed by atoms with Gasteiger partial charge in [0.05, 0.1) is 6.04 Å². The highest BCUT2D eigenvalue weighted by atomic mass is 35.5. The first-order valence-corrected chi connectivity index (χ1v) is 6.41. The molecule has 0 aromatic rings. The molecule has 0 aliphatic heterocycles. The fraction of sp³-hybridized carbons (Fsp3) is 1.00. The van der Waals surface area contributed by atoms with Crippen molar-refractivity contribution in [3.63, 3.8) is 0 Å². The summed E-state index contributed by atoms with van der Waals surface area (Å²) < 4.78 is 0. The van der Waals surface area contributed by atoms with Gasteiger partial charge < -0.3 is 21.1 Å². The number of halogens is 1. The molecular formula is C12H28ClNO3. The Morgan fingerprint density at radius 3 is 1.71 bits per heavy atom. The molecule has 0 saturated carbocycles. The van der Waals surface area contributed by atoms with E-state index in [4.69, 9.17) is 21.1 Å². The van der Waals surface area contributed by atoms with Gasteiger partial charge in [-0.3, -0.25) is 0 Å². The lowest BCUT2D eigenvalue weighted by Gasteiger charge is -2.21. The molecular weight excluding hydrogens is 242 g/mol. The maximum Gasteiger partial charge on any atom is 0.291 e. The third-order valence-electron chi connectivity index (χ3n) is 2.87. The van der Waals surface area contributed by atoms with Crippen LogP contribution in [-0.2, 0) is 0 Å². The summed E-state index contributed by atoms with van der Waals surface area (Å²) >= 11 is 0. The molecule has 0 rings (SSSR count). The average Bonchev–Trinajstić information content (AvgIpc) is 2.20. The second kappa shape index (κ2) is 11.2. The van der Waals surface area contributed by atoms with Crippen molar-refractivity contribution in [2.24, 2.45) is 5.73 Å². The van der Waals surface area contributed by atoms with E-state index in [-0.39, 0.29) is 12.4 Å². The van der Waals surface area contributed by atoms with E-state index in [0.29, 0.717) is 6.42 Å². The van der Waals surface area contributed by atoms with Crippen LogP contribution in [0.1, 0.15) is 64.7 Å². The largest absolute Gasteiger partial charge is 0.342 e. The van der Waals surface area contributed by atoms with E-state index in [1.54, 1.807) is 0 Å². The maximum absolute atomic E-state index is 8.77. The predicted octanol–water partition coefficient (Wildman–Crippen LogP) is 1.90. The Balaban J connectivity index is 0. The first-order valence-electron chi connectivity index (χ1n) is 6.41. The van der Waals surface area contributed by atoms with Crippen LogP contribution in [0.2, 0.25) is 0 Å². The maximum atomic E-state index is 8.77. The molecule has 0 heterocycles. The highest BCUT2D eigenvalue weighted by Gasteiger charge is 2.27. The topological polar surface area (TPSA) is 86.7 Å². The lowest BCUT2D eigenvalue weighted by Crippen LogP contribution is -2.47. The fourth-order valence-electron chi connectivity index (χ4n) is 1.69. The minimum Gasteiger partial charge on any atom is -0.342 e. The molecule has 0 aromatic heterocycles. The predicted molar refractivity (Wildman–Crippen MR) is 71.8 cm³/mol. The molecule has 17 heavy (non-hydrogen) atoms. The Hall–Kier alpha value is 0.130. The summed E-state index contributed by atoms with van der Waals surface area (Å²) in [6.07, 6.45) is 9.87. The molecule has 0 saturated heterocycles. The second-order valence-corrected chi connectivity index (χ2v) is 4.56. The van der Waals surface area contributed by atoms with Crippen LogP contribution in [0, 0.1) is 0 Å². The van der Waals surface area contributed by atoms with E-state index < -0.39 is 12.0 Å². The van der Waals surface area contributed by atoms with E-state index >= 15 is 0 Å². The molecule has 0 aliphatic carbocycles. The van der Waals surface area contributed by atoms with Crippen LogP contribution < -0.4 is 5.73 Å². The van der Waals surface area contributed by atoms with E-state index in [2.05, 4.69) is 6.92 Å². The Labute approximate surface area is 111 Å². The fourth-order valence-corrected chi connectivity index (χ4v) is 1.69. The number of rotatable bonds is 10. The summed E-state index contributed by atoms with van der Waals surface area (Å²) in [6, 6.07) is -0.965. The molecule has 5 heteroatoms. The molecule has 0 spiro atoms. The highest BCUT2D eigenvalue weighted by molar-refractivity contribution is 5.85. The van der Waals surface area contributed by atoms with Crippen molar-refractivity contribution in [3.05, 3.63) is 0 Å². The van der Waals surface area contributed by atoms with Gasteiger partial charge in [0, 0.05) is 0 Å². The molecule has 0 aromatic carbocycles. The van der Waals surface area contributed by atoms with Gasteiger partial charge >= 0.3 is 0 Å². The van der Waals surface area contributed by atoms with Gasteiger partial charge in [-0.15, -0.1) is 12.4 Å². The molecule has 106 valence electrons. The van der Waals surface area contributed by atoms with Gasteiger partial charge in [-0.05, 0) is 6.42 Å². The molecule has 0 radical (unpaired) electrons. The van der Waals surface area contributed by atoms with E-state index in [1.165, 1.54) is 32.1 Å². The number of hydrogen-bond acceptors (Lipinski definition) is 4. The quantitative estimate of drug-likeness (QED) is 0.360. The summed E-state index contributed by atoms with van der Waals surface area (Å²) in [7, 11) is 0. The lowest BCUT2D eigenvalue weighted by molar-refractivity contribution is -0.323. The number of aliphatic hydroxyl groups is 3. The van der Waals surface area contributed by atoms with Crippen molar-refractivity contribution in [2.45, 2.75) is 76.7 Å². The molecule has 5 N–H and O–H groups in total. The van der Waals surface area contributed by atoms with Gasteiger partial charge in [0.2, 0.25) is 0 Å². The van der Waals surface area contributed by atoms with Gasteiger partial charge in [-0.25, -0.2) is 0 Å². The van der Waals surface area contributed by atoms with E-state index in [0.717, 1.165) is 19.3 Å². The zero-order valence-corrected chi connectivity index (χ0v) is 11.6. The Morgan fingerprint density at radius 1 is 0.882 bits per heavy atom. The monoisotopic (exact) mass is 269 g/mol. The average molecular weight is 270 g/mol. The molecule has 0 bridgehead atoms. The van der Waals surface area contributed by atoms with Gasteiger partial charge in [0.15, 0.2) is 0 Å². The molecule has 4 nitrogen and oxygen atoms in total. The van der Waals surface area contributed by atoms with E-state index in [1.807, 2.05) is 0 Å². The van der Waals surface area contributed by atoms with E-state index in [9.17, 15) is 0 Å². The van der Waals surface area contributed by atoms with Gasteiger partial charge in [0.25, 0.3) is 5.97 Å². The molecule has 0 fully saturated rings.